The second kappa shape index (κ2) is 5.26. The molecule has 0 aliphatic carbocycles. The predicted octanol–water partition coefficient (Wildman–Crippen LogP) is 0.819. The molecule has 0 aromatic heterocycles. The van der Waals surface area contributed by atoms with Gasteiger partial charge < -0.3 is 10.5 Å². The van der Waals surface area contributed by atoms with Gasteiger partial charge in [0, 0.05) is 19.3 Å². The van der Waals surface area contributed by atoms with Gasteiger partial charge in [0.15, 0.2) is 0 Å². The molecule has 5 nitrogen and oxygen atoms in total. The Kier molecular flexibility index (Phi) is 3.89. The summed E-state index contributed by atoms with van der Waals surface area (Å²) in [6.45, 7) is 1.11. The van der Waals surface area contributed by atoms with Crippen LogP contribution in [0.2, 0.25) is 0 Å². The van der Waals surface area contributed by atoms with Gasteiger partial charge in [-0.3, -0.25) is 0 Å². The van der Waals surface area contributed by atoms with Gasteiger partial charge in [0.2, 0.25) is 10.0 Å². The van der Waals surface area contributed by atoms with E-state index >= 15 is 0 Å². The van der Waals surface area contributed by atoms with Crippen molar-refractivity contribution in [2.75, 3.05) is 26.0 Å². The van der Waals surface area contributed by atoms with Crippen LogP contribution in [0.15, 0.2) is 24.3 Å². The Morgan fingerprint density at radius 1 is 1.39 bits per heavy atom. The molecule has 6 heteroatoms. The number of anilines is 1. The molecule has 1 fully saturated rings. The lowest BCUT2D eigenvalue weighted by Crippen LogP contribution is -2.38. The smallest absolute Gasteiger partial charge is 0.218 e. The maximum Gasteiger partial charge on any atom is 0.218 e. The van der Waals surface area contributed by atoms with Gasteiger partial charge in [0.05, 0.1) is 18.4 Å². The highest BCUT2D eigenvalue weighted by molar-refractivity contribution is 7.88. The first-order chi connectivity index (χ1) is 8.49. The van der Waals surface area contributed by atoms with Crippen molar-refractivity contribution in [1.82, 2.24) is 4.31 Å². The molecule has 1 saturated heterocycles. The number of benzene rings is 1. The molecule has 1 heterocycles. The van der Waals surface area contributed by atoms with Gasteiger partial charge in [-0.2, -0.15) is 4.31 Å². The average molecular weight is 270 g/mol. The molecule has 1 unspecified atom stereocenters. The van der Waals surface area contributed by atoms with Crippen molar-refractivity contribution < 1.29 is 13.2 Å². The zero-order chi connectivity index (χ0) is 13.2. The third-order valence-corrected chi connectivity index (χ3v) is 5.06. The molecule has 2 rings (SSSR count). The zero-order valence-electron chi connectivity index (χ0n) is 10.4. The van der Waals surface area contributed by atoms with Crippen molar-refractivity contribution in [3.05, 3.63) is 29.8 Å². The number of nitrogens with two attached hydrogens (primary N) is 1. The number of nitrogen functional groups attached to an aromatic ring is 1. The average Bonchev–Trinajstić information content (AvgIpc) is 2.84. The summed E-state index contributed by atoms with van der Waals surface area (Å²) >= 11 is 0. The fraction of sp³-hybridized carbons (Fsp3) is 0.500. The maximum absolute atomic E-state index is 12.2. The molecule has 1 aliphatic heterocycles. The van der Waals surface area contributed by atoms with Gasteiger partial charge in [0.25, 0.3) is 0 Å². The number of hydrogen-bond donors (Lipinski definition) is 1. The van der Waals surface area contributed by atoms with E-state index in [4.69, 9.17) is 10.5 Å². The molecule has 0 saturated carbocycles. The Morgan fingerprint density at radius 2 is 2.06 bits per heavy atom. The van der Waals surface area contributed by atoms with E-state index in [2.05, 4.69) is 0 Å². The summed E-state index contributed by atoms with van der Waals surface area (Å²) in [4.78, 5) is 0. The number of nitrogens with zero attached hydrogens (tertiary/aromatic N) is 1. The number of hydrogen-bond acceptors (Lipinski definition) is 4. The minimum Gasteiger partial charge on any atom is -0.399 e. The summed E-state index contributed by atoms with van der Waals surface area (Å²) < 4.78 is 31.1. The minimum atomic E-state index is -3.30. The zero-order valence-corrected chi connectivity index (χ0v) is 11.2. The number of sulfonamides is 1. The fourth-order valence-corrected chi connectivity index (χ4v) is 3.40. The van der Waals surface area contributed by atoms with E-state index in [1.807, 2.05) is 0 Å². The highest BCUT2D eigenvalue weighted by Crippen LogP contribution is 2.18. The molecule has 0 bridgehead atoms. The highest BCUT2D eigenvalue weighted by Gasteiger charge is 2.29. The van der Waals surface area contributed by atoms with Crippen LogP contribution in [0.25, 0.3) is 0 Å². The van der Waals surface area contributed by atoms with Gasteiger partial charge in [-0.1, -0.05) is 12.1 Å². The second-order valence-corrected chi connectivity index (χ2v) is 6.56. The summed E-state index contributed by atoms with van der Waals surface area (Å²) in [5, 5.41) is 0. The lowest BCUT2D eigenvalue weighted by Gasteiger charge is -2.22. The minimum absolute atomic E-state index is 0.000278. The van der Waals surface area contributed by atoms with Crippen molar-refractivity contribution in [2.45, 2.75) is 18.2 Å². The summed E-state index contributed by atoms with van der Waals surface area (Å²) in [6.07, 6.45) is 0.761. The highest BCUT2D eigenvalue weighted by atomic mass is 32.2. The molecule has 100 valence electrons. The van der Waals surface area contributed by atoms with Crippen LogP contribution in [0, 0.1) is 0 Å². The number of likely N-dealkylation sites (N-methyl/N-ethyl adjacent to an activating group) is 1. The van der Waals surface area contributed by atoms with E-state index in [1.54, 1.807) is 31.3 Å². The standard InChI is InChI=1S/C12H18N2O3S/c1-14(12-6-7-17-8-12)18(15,16)9-10-2-4-11(13)5-3-10/h2-5,12H,6-9,13H2,1H3. The Balaban J connectivity index is 2.08. The summed E-state index contributed by atoms with van der Waals surface area (Å²) in [7, 11) is -1.68. The fourth-order valence-electron chi connectivity index (χ4n) is 1.96. The van der Waals surface area contributed by atoms with E-state index in [0.29, 0.717) is 18.9 Å². The number of rotatable bonds is 4. The van der Waals surface area contributed by atoms with Crippen LogP contribution in [0.4, 0.5) is 5.69 Å². The maximum atomic E-state index is 12.2. The van der Waals surface area contributed by atoms with Crippen LogP contribution >= 0.6 is 0 Å². The monoisotopic (exact) mass is 270 g/mol. The van der Waals surface area contributed by atoms with Crippen molar-refractivity contribution in [1.29, 1.82) is 0 Å². The topological polar surface area (TPSA) is 72.6 Å². The lowest BCUT2D eigenvalue weighted by atomic mass is 10.2. The molecule has 18 heavy (non-hydrogen) atoms. The van der Waals surface area contributed by atoms with Crippen molar-refractivity contribution in [3.63, 3.8) is 0 Å². The van der Waals surface area contributed by atoms with Crippen molar-refractivity contribution >= 4 is 15.7 Å². The first-order valence-electron chi connectivity index (χ1n) is 5.87. The SMILES string of the molecule is CN(C1CCOC1)S(=O)(=O)Cc1ccc(N)cc1. The Morgan fingerprint density at radius 3 is 2.61 bits per heavy atom. The Bertz CT molecular complexity index is 493. The van der Waals surface area contributed by atoms with E-state index in [-0.39, 0.29) is 11.8 Å². The summed E-state index contributed by atoms with van der Waals surface area (Å²) in [5.41, 5.74) is 6.95. The van der Waals surface area contributed by atoms with Crippen LogP contribution in [0.5, 0.6) is 0 Å². The molecule has 1 aromatic rings. The van der Waals surface area contributed by atoms with E-state index in [1.165, 1.54) is 4.31 Å². The largest absolute Gasteiger partial charge is 0.399 e. The Hall–Kier alpha value is -1.11. The predicted molar refractivity (Wildman–Crippen MR) is 70.5 cm³/mol. The first kappa shape index (κ1) is 13.3. The van der Waals surface area contributed by atoms with E-state index < -0.39 is 10.0 Å². The third-order valence-electron chi connectivity index (χ3n) is 3.19. The van der Waals surface area contributed by atoms with E-state index in [0.717, 1.165) is 12.0 Å². The van der Waals surface area contributed by atoms with Crippen molar-refractivity contribution in [2.24, 2.45) is 0 Å². The molecule has 1 aromatic carbocycles. The van der Waals surface area contributed by atoms with Gasteiger partial charge >= 0.3 is 0 Å². The first-order valence-corrected chi connectivity index (χ1v) is 7.48. The summed E-state index contributed by atoms with van der Waals surface area (Å²) in [6, 6.07) is 6.87. The van der Waals surface area contributed by atoms with E-state index in [9.17, 15) is 8.42 Å². The van der Waals surface area contributed by atoms with Gasteiger partial charge in [-0.25, -0.2) is 8.42 Å². The molecule has 1 aliphatic rings. The molecule has 2 N–H and O–H groups in total. The van der Waals surface area contributed by atoms with Gasteiger partial charge in [-0.05, 0) is 24.1 Å². The quantitative estimate of drug-likeness (QED) is 0.822. The molecule has 0 radical (unpaired) electrons. The van der Waals surface area contributed by atoms with Gasteiger partial charge in [0.1, 0.15) is 0 Å². The normalized spacial score (nSPS) is 20.4. The molecule has 0 spiro atoms. The second-order valence-electron chi connectivity index (χ2n) is 4.53. The van der Waals surface area contributed by atoms with Gasteiger partial charge in [-0.15, -0.1) is 0 Å². The van der Waals surface area contributed by atoms with Crippen LogP contribution in [-0.2, 0) is 20.5 Å². The van der Waals surface area contributed by atoms with Crippen LogP contribution in [-0.4, -0.2) is 39.0 Å². The lowest BCUT2D eigenvalue weighted by molar-refractivity contribution is 0.181. The number of ether oxygens (including phenoxy) is 1. The molecular weight excluding hydrogens is 252 g/mol. The molecular formula is C12H18N2O3S. The van der Waals surface area contributed by atoms with Crippen LogP contribution in [0.3, 0.4) is 0 Å². The molecule has 0 amide bonds. The van der Waals surface area contributed by atoms with Crippen molar-refractivity contribution in [3.8, 4) is 0 Å². The summed E-state index contributed by atoms with van der Waals surface area (Å²) in [5.74, 6) is 0.000278. The van der Waals surface area contributed by atoms with Crippen LogP contribution < -0.4 is 5.73 Å². The Labute approximate surface area is 108 Å². The van der Waals surface area contributed by atoms with Crippen LogP contribution in [0.1, 0.15) is 12.0 Å². The molecule has 1 atom stereocenters. The third kappa shape index (κ3) is 3.01.